The highest BCUT2D eigenvalue weighted by Crippen LogP contribution is 2.40. The molecule has 0 radical (unpaired) electrons. The molecule has 176 valence electrons. The standard InChI is InChI=1S/C25H31FN4OS2/c1-3-5-19(8-7-18(2)26)21(31)6-4-12-29-13-9-20(10-14-29)24-27-28-25-23-22(11-16-33-23)32-17-15-30(24)25/h3,5,7-8,11,16,20H,4,6,9-10,12-15,17H2,1-2H3/b5-3-,18-7+,19-8+. The van der Waals surface area contributed by atoms with Crippen LogP contribution in [0.2, 0.25) is 0 Å². The lowest BCUT2D eigenvalue weighted by Gasteiger charge is -2.31. The van der Waals surface area contributed by atoms with Crippen molar-refractivity contribution in [2.75, 3.05) is 25.4 Å². The molecule has 2 aromatic heterocycles. The number of thioether (sulfide) groups is 1. The zero-order valence-electron chi connectivity index (χ0n) is 19.3. The maximum atomic E-state index is 13.0. The van der Waals surface area contributed by atoms with E-state index in [0.29, 0.717) is 17.9 Å². The molecule has 33 heavy (non-hydrogen) atoms. The minimum Gasteiger partial charge on any atom is -0.309 e. The minimum atomic E-state index is -0.299. The fraction of sp³-hybridized carbons (Fsp3) is 0.480. The Kier molecular flexibility index (Phi) is 8.33. The number of likely N-dealkylation sites (tertiary alicyclic amines) is 1. The predicted molar refractivity (Wildman–Crippen MR) is 134 cm³/mol. The molecule has 1 saturated heterocycles. The second-order valence-corrected chi connectivity index (χ2v) is 10.6. The van der Waals surface area contributed by atoms with Gasteiger partial charge in [-0.2, -0.15) is 0 Å². The van der Waals surface area contributed by atoms with Gasteiger partial charge in [0, 0.05) is 35.1 Å². The quantitative estimate of drug-likeness (QED) is 0.337. The second-order valence-electron chi connectivity index (χ2n) is 8.51. The number of ketones is 1. The number of halogens is 1. The number of hydrogen-bond acceptors (Lipinski definition) is 6. The molecule has 4 rings (SSSR count). The van der Waals surface area contributed by atoms with Crippen molar-refractivity contribution in [2.24, 2.45) is 0 Å². The van der Waals surface area contributed by atoms with Crippen molar-refractivity contribution in [3.05, 3.63) is 53.0 Å². The van der Waals surface area contributed by atoms with Crippen LogP contribution in [0.3, 0.4) is 0 Å². The number of rotatable bonds is 8. The number of allylic oxidation sites excluding steroid dienone is 6. The number of nitrogens with zero attached hydrogens (tertiary/aromatic N) is 4. The lowest BCUT2D eigenvalue weighted by molar-refractivity contribution is -0.115. The highest BCUT2D eigenvalue weighted by atomic mass is 32.2. The summed E-state index contributed by atoms with van der Waals surface area (Å²) in [4.78, 5) is 17.5. The van der Waals surface area contributed by atoms with Gasteiger partial charge in [-0.1, -0.05) is 12.2 Å². The summed E-state index contributed by atoms with van der Waals surface area (Å²) >= 11 is 3.66. The normalized spacial score (nSPS) is 18.4. The number of fused-ring (bicyclic) bond motifs is 3. The highest BCUT2D eigenvalue weighted by Gasteiger charge is 2.28. The Morgan fingerprint density at radius 3 is 2.82 bits per heavy atom. The maximum absolute atomic E-state index is 13.0. The lowest BCUT2D eigenvalue weighted by Crippen LogP contribution is -2.34. The molecule has 0 saturated carbocycles. The van der Waals surface area contributed by atoms with Gasteiger partial charge < -0.3 is 9.47 Å². The first-order chi connectivity index (χ1) is 16.1. The largest absolute Gasteiger partial charge is 0.309 e. The number of carbonyl (C=O) groups excluding carboxylic acids is 1. The van der Waals surface area contributed by atoms with E-state index in [-0.39, 0.29) is 11.6 Å². The maximum Gasteiger partial charge on any atom is 0.175 e. The average molecular weight is 487 g/mol. The van der Waals surface area contributed by atoms with Crippen LogP contribution in [-0.4, -0.2) is 50.8 Å². The van der Waals surface area contributed by atoms with E-state index in [4.69, 9.17) is 0 Å². The monoisotopic (exact) mass is 486 g/mol. The van der Waals surface area contributed by atoms with E-state index in [2.05, 4.69) is 31.1 Å². The fourth-order valence-electron chi connectivity index (χ4n) is 4.47. The minimum absolute atomic E-state index is 0.0671. The summed E-state index contributed by atoms with van der Waals surface area (Å²) in [5.41, 5.74) is 0.563. The molecule has 0 amide bonds. The third-order valence-corrected chi connectivity index (χ3v) is 8.25. The molecule has 0 aromatic carbocycles. The van der Waals surface area contributed by atoms with E-state index >= 15 is 0 Å². The summed E-state index contributed by atoms with van der Waals surface area (Å²) in [6.45, 7) is 7.15. The second kappa shape index (κ2) is 11.4. The topological polar surface area (TPSA) is 51.0 Å². The summed E-state index contributed by atoms with van der Waals surface area (Å²) in [5, 5.41) is 11.3. The van der Waals surface area contributed by atoms with Crippen LogP contribution in [0.5, 0.6) is 0 Å². The number of hydrogen-bond donors (Lipinski definition) is 0. The van der Waals surface area contributed by atoms with Gasteiger partial charge in [0.2, 0.25) is 0 Å². The Labute approximate surface area is 203 Å². The van der Waals surface area contributed by atoms with E-state index in [1.54, 1.807) is 23.5 Å². The number of aromatic nitrogens is 3. The fourth-order valence-corrected chi connectivity index (χ4v) is 6.54. The first-order valence-corrected chi connectivity index (χ1v) is 13.5. The molecule has 4 heterocycles. The lowest BCUT2D eigenvalue weighted by atomic mass is 9.95. The number of thiophene rings is 1. The third-order valence-electron chi connectivity index (χ3n) is 6.18. The molecule has 5 nitrogen and oxygen atoms in total. The van der Waals surface area contributed by atoms with Crippen LogP contribution in [0.25, 0.3) is 10.7 Å². The van der Waals surface area contributed by atoms with Crippen LogP contribution in [-0.2, 0) is 11.3 Å². The summed E-state index contributed by atoms with van der Waals surface area (Å²) in [6.07, 6.45) is 9.93. The molecular formula is C25H31FN4OS2. The molecule has 0 N–H and O–H groups in total. The van der Waals surface area contributed by atoms with Gasteiger partial charge in [0.05, 0.1) is 10.7 Å². The van der Waals surface area contributed by atoms with Crippen LogP contribution in [0.1, 0.15) is 51.3 Å². The van der Waals surface area contributed by atoms with Crippen molar-refractivity contribution in [3.8, 4) is 10.7 Å². The van der Waals surface area contributed by atoms with Gasteiger partial charge in [0.25, 0.3) is 0 Å². The van der Waals surface area contributed by atoms with Crippen molar-refractivity contribution in [1.29, 1.82) is 0 Å². The van der Waals surface area contributed by atoms with Gasteiger partial charge in [0.15, 0.2) is 11.6 Å². The molecule has 2 aliphatic rings. The average Bonchev–Trinajstić information content (AvgIpc) is 3.40. The summed E-state index contributed by atoms with van der Waals surface area (Å²) in [5.74, 6) is 3.43. The van der Waals surface area contributed by atoms with E-state index in [0.717, 1.165) is 62.8 Å². The zero-order valence-corrected chi connectivity index (χ0v) is 20.9. The Hall–Kier alpha value is -2.03. The van der Waals surface area contributed by atoms with E-state index in [9.17, 15) is 9.18 Å². The Bertz CT molecular complexity index is 1060. The molecule has 0 unspecified atom stereocenters. The van der Waals surface area contributed by atoms with Crippen LogP contribution in [0.4, 0.5) is 4.39 Å². The summed E-state index contributed by atoms with van der Waals surface area (Å²) in [6, 6.07) is 2.19. The number of piperidine rings is 1. The molecule has 0 spiro atoms. The molecule has 1 fully saturated rings. The molecule has 0 atom stereocenters. The molecular weight excluding hydrogens is 455 g/mol. The van der Waals surface area contributed by atoms with E-state index < -0.39 is 0 Å². The first kappa shape index (κ1) is 24.1. The Morgan fingerprint density at radius 2 is 2.06 bits per heavy atom. The highest BCUT2D eigenvalue weighted by molar-refractivity contribution is 7.99. The van der Waals surface area contributed by atoms with Crippen LogP contribution < -0.4 is 0 Å². The summed E-state index contributed by atoms with van der Waals surface area (Å²) in [7, 11) is 0. The molecule has 8 heteroatoms. The van der Waals surface area contributed by atoms with Crippen molar-refractivity contribution in [3.63, 3.8) is 0 Å². The number of Topliss-reactive ketones (excluding diaryl/α,β-unsaturated/α-hetero) is 1. The van der Waals surface area contributed by atoms with Crippen molar-refractivity contribution >= 4 is 28.9 Å². The van der Waals surface area contributed by atoms with Crippen molar-refractivity contribution in [1.82, 2.24) is 19.7 Å². The van der Waals surface area contributed by atoms with Gasteiger partial charge >= 0.3 is 0 Å². The van der Waals surface area contributed by atoms with E-state index in [1.807, 2.05) is 24.8 Å². The first-order valence-electron chi connectivity index (χ1n) is 11.6. The molecule has 2 aliphatic heterocycles. The van der Waals surface area contributed by atoms with Crippen LogP contribution in [0.15, 0.2) is 52.0 Å². The SMILES string of the molecule is C\C=C/C(=C\C=C(/C)F)C(=O)CCCN1CCC(c2nnc3n2CCSc2ccsc2-3)CC1. The Morgan fingerprint density at radius 1 is 1.24 bits per heavy atom. The van der Waals surface area contributed by atoms with Gasteiger partial charge in [-0.15, -0.1) is 33.3 Å². The Balaban J connectivity index is 1.29. The van der Waals surface area contributed by atoms with Gasteiger partial charge in [-0.25, -0.2) is 4.39 Å². The van der Waals surface area contributed by atoms with Gasteiger partial charge in [0.1, 0.15) is 5.82 Å². The molecule has 0 aliphatic carbocycles. The van der Waals surface area contributed by atoms with Crippen molar-refractivity contribution < 1.29 is 9.18 Å². The van der Waals surface area contributed by atoms with Crippen LogP contribution >= 0.6 is 23.1 Å². The third kappa shape index (κ3) is 5.91. The van der Waals surface area contributed by atoms with E-state index in [1.165, 1.54) is 22.8 Å². The predicted octanol–water partition coefficient (Wildman–Crippen LogP) is 6.02. The van der Waals surface area contributed by atoms with Crippen molar-refractivity contribution in [2.45, 2.75) is 56.9 Å². The molecule has 2 aromatic rings. The smallest absolute Gasteiger partial charge is 0.175 e. The van der Waals surface area contributed by atoms with Gasteiger partial charge in [-0.3, -0.25) is 4.79 Å². The number of carbonyl (C=O) groups is 1. The molecule has 0 bridgehead atoms. The summed E-state index contributed by atoms with van der Waals surface area (Å²) < 4.78 is 15.4. The zero-order chi connectivity index (χ0) is 23.2. The van der Waals surface area contributed by atoms with Gasteiger partial charge in [-0.05, 0) is 76.3 Å². The van der Waals surface area contributed by atoms with Crippen LogP contribution in [0, 0.1) is 0 Å².